The molecule has 3 aliphatic rings. The van der Waals surface area contributed by atoms with Gasteiger partial charge in [-0.05, 0) is 60.4 Å². The average molecular weight is 604 g/mol. The Labute approximate surface area is 246 Å². The number of rotatable bonds is 5. The second kappa shape index (κ2) is 9.33. The van der Waals surface area contributed by atoms with Gasteiger partial charge >= 0.3 is 0 Å². The van der Waals surface area contributed by atoms with E-state index in [1.54, 1.807) is 34.9 Å². The fraction of sp³-hybridized carbons (Fsp3) is 0.200. The molecule has 5 heterocycles. The summed E-state index contributed by atoms with van der Waals surface area (Å²) in [6.07, 6.45) is -0.850. The predicted molar refractivity (Wildman–Crippen MR) is 152 cm³/mol. The molecule has 5 aromatic rings. The van der Waals surface area contributed by atoms with E-state index in [2.05, 4.69) is 32.2 Å². The number of imidazole rings is 1. The second-order valence-corrected chi connectivity index (χ2v) is 11.3. The van der Waals surface area contributed by atoms with Crippen molar-refractivity contribution in [3.63, 3.8) is 0 Å². The lowest BCUT2D eigenvalue weighted by atomic mass is 10.0. The van der Waals surface area contributed by atoms with Crippen molar-refractivity contribution in [1.82, 2.24) is 29.5 Å². The molecule has 3 unspecified atom stereocenters. The number of pyridine rings is 1. The van der Waals surface area contributed by atoms with E-state index in [0.717, 1.165) is 29.7 Å². The molecule has 2 aliphatic heterocycles. The summed E-state index contributed by atoms with van der Waals surface area (Å²) in [4.78, 5) is 21.0. The minimum Gasteiger partial charge on any atom is -0.485 e. The van der Waals surface area contributed by atoms with Crippen LogP contribution in [0.4, 0.5) is 18.9 Å². The van der Waals surface area contributed by atoms with Crippen molar-refractivity contribution < 1.29 is 17.9 Å². The van der Waals surface area contributed by atoms with Gasteiger partial charge in [0.1, 0.15) is 23.9 Å². The maximum absolute atomic E-state index is 15.4. The maximum atomic E-state index is 15.4. The molecule has 1 saturated carbocycles. The fourth-order valence-electron chi connectivity index (χ4n) is 6.19. The third kappa shape index (κ3) is 4.15. The number of alkyl halides is 2. The average Bonchev–Trinajstić information content (AvgIpc) is 3.29. The lowest BCUT2D eigenvalue weighted by Crippen LogP contribution is -2.26. The van der Waals surface area contributed by atoms with Crippen molar-refractivity contribution in [3.8, 4) is 34.0 Å². The van der Waals surface area contributed by atoms with E-state index in [-0.39, 0.29) is 23.1 Å². The van der Waals surface area contributed by atoms with Crippen molar-refractivity contribution >= 4 is 17.3 Å². The normalized spacial score (nSPS) is 19.9. The molecule has 2 N–H and O–H groups in total. The Kier molecular flexibility index (Phi) is 5.61. The molecule has 1 fully saturated rings. The van der Waals surface area contributed by atoms with Crippen LogP contribution in [0.3, 0.4) is 0 Å². The molecular formula is C30H21ClF3N7O2. The third-order valence-corrected chi connectivity index (χ3v) is 8.44. The summed E-state index contributed by atoms with van der Waals surface area (Å²) < 4.78 is 50.4. The molecule has 3 atom stereocenters. The summed E-state index contributed by atoms with van der Waals surface area (Å²) >= 11 is 6.31. The van der Waals surface area contributed by atoms with Crippen LogP contribution < -0.4 is 15.6 Å². The van der Waals surface area contributed by atoms with E-state index in [1.165, 1.54) is 10.7 Å². The molecule has 0 spiro atoms. The summed E-state index contributed by atoms with van der Waals surface area (Å²) in [5.41, 5.74) is 3.87. The maximum Gasteiger partial charge on any atom is 0.283 e. The zero-order chi connectivity index (χ0) is 29.6. The highest BCUT2D eigenvalue weighted by Gasteiger charge is 2.54. The second-order valence-electron chi connectivity index (χ2n) is 10.9. The minimum absolute atomic E-state index is 0.0237. The van der Waals surface area contributed by atoms with Gasteiger partial charge in [-0.3, -0.25) is 4.79 Å². The molecule has 9 nitrogen and oxygen atoms in total. The number of benzene rings is 2. The molecule has 0 saturated heterocycles. The van der Waals surface area contributed by atoms with Gasteiger partial charge in [0.15, 0.2) is 0 Å². The number of anilines is 1. The molecule has 0 radical (unpaired) electrons. The van der Waals surface area contributed by atoms with Gasteiger partial charge in [-0.25, -0.2) is 18.4 Å². The first-order valence-corrected chi connectivity index (χ1v) is 13.9. The Morgan fingerprint density at radius 3 is 2.79 bits per heavy atom. The van der Waals surface area contributed by atoms with Gasteiger partial charge in [0.2, 0.25) is 5.95 Å². The Hall–Kier alpha value is -4.84. The van der Waals surface area contributed by atoms with E-state index < -0.39 is 24.1 Å². The van der Waals surface area contributed by atoms with Crippen LogP contribution in [0, 0.1) is 11.9 Å². The first-order chi connectivity index (χ1) is 20.7. The van der Waals surface area contributed by atoms with E-state index in [4.69, 9.17) is 16.3 Å². The number of halogens is 4. The Bertz CT molecular complexity index is 2030. The zero-order valence-electron chi connectivity index (χ0n) is 22.2. The van der Waals surface area contributed by atoms with Crippen LogP contribution in [0.2, 0.25) is 5.02 Å². The number of ether oxygens (including phenoxy) is 1. The number of hydrogen-bond acceptors (Lipinski definition) is 6. The molecule has 3 aromatic heterocycles. The lowest BCUT2D eigenvalue weighted by molar-refractivity contribution is 0.146. The monoisotopic (exact) mass is 603 g/mol. The molecule has 8 rings (SSSR count). The minimum atomic E-state index is -2.78. The Morgan fingerprint density at radius 1 is 1.12 bits per heavy atom. The highest BCUT2D eigenvalue weighted by Crippen LogP contribution is 2.61. The molecular weight excluding hydrogens is 583 g/mol. The van der Waals surface area contributed by atoms with Crippen LogP contribution in [0.15, 0.2) is 71.8 Å². The van der Waals surface area contributed by atoms with Gasteiger partial charge in [0.05, 0.1) is 29.3 Å². The number of nitrogens with one attached hydrogen (secondary N) is 2. The zero-order valence-corrected chi connectivity index (χ0v) is 22.9. The van der Waals surface area contributed by atoms with Crippen molar-refractivity contribution in [1.29, 1.82) is 0 Å². The molecule has 0 amide bonds. The molecule has 216 valence electrons. The number of H-pyrrole nitrogens is 1. The van der Waals surface area contributed by atoms with Crippen LogP contribution in [0.1, 0.15) is 41.9 Å². The summed E-state index contributed by atoms with van der Waals surface area (Å²) in [5.74, 6) is 0.350. The van der Waals surface area contributed by atoms with E-state index in [1.807, 2.05) is 12.1 Å². The smallest absolute Gasteiger partial charge is 0.283 e. The van der Waals surface area contributed by atoms with Crippen molar-refractivity contribution in [2.45, 2.75) is 24.8 Å². The first-order valence-electron chi connectivity index (χ1n) is 13.5. The van der Waals surface area contributed by atoms with E-state index in [0.29, 0.717) is 45.6 Å². The third-order valence-electron chi connectivity index (χ3n) is 8.20. The van der Waals surface area contributed by atoms with E-state index >= 15 is 4.39 Å². The highest BCUT2D eigenvalue weighted by molar-refractivity contribution is 6.31. The predicted octanol–water partition coefficient (Wildman–Crippen LogP) is 6.24. The molecule has 2 aromatic carbocycles. The SMILES string of the molecule is C=C1COc2cc(-c3nc(F)c(C4C5CC5c5cc(-c6cc(Cl)ccc6-n6cc(C(F)F)nn6)cc(=O)n54)[nH]3)ccc2N1. The van der Waals surface area contributed by atoms with Crippen molar-refractivity contribution in [2.75, 3.05) is 11.9 Å². The number of hydrogen-bond donors (Lipinski definition) is 2. The summed E-state index contributed by atoms with van der Waals surface area (Å²) in [7, 11) is 0. The van der Waals surface area contributed by atoms with Crippen LogP contribution in [-0.2, 0) is 0 Å². The van der Waals surface area contributed by atoms with Crippen LogP contribution in [0.5, 0.6) is 5.75 Å². The topological polar surface area (TPSA) is 103 Å². The lowest BCUT2D eigenvalue weighted by Gasteiger charge is -2.21. The summed E-state index contributed by atoms with van der Waals surface area (Å²) in [5, 5.41) is 11.0. The van der Waals surface area contributed by atoms with Crippen molar-refractivity contribution in [3.05, 3.63) is 105 Å². The largest absolute Gasteiger partial charge is 0.485 e. The Morgan fingerprint density at radius 2 is 1.98 bits per heavy atom. The van der Waals surface area contributed by atoms with Crippen LogP contribution in [-0.4, -0.2) is 36.1 Å². The molecule has 0 bridgehead atoms. The van der Waals surface area contributed by atoms with Gasteiger partial charge in [-0.15, -0.1) is 5.10 Å². The summed E-state index contributed by atoms with van der Waals surface area (Å²) in [6, 6.07) is 13.1. The quantitative estimate of drug-likeness (QED) is 0.247. The van der Waals surface area contributed by atoms with Gasteiger partial charge < -0.3 is 19.6 Å². The van der Waals surface area contributed by atoms with Gasteiger partial charge in [-0.1, -0.05) is 23.4 Å². The molecule has 43 heavy (non-hydrogen) atoms. The van der Waals surface area contributed by atoms with Crippen LogP contribution in [0.25, 0.3) is 28.2 Å². The van der Waals surface area contributed by atoms with E-state index in [9.17, 15) is 13.6 Å². The van der Waals surface area contributed by atoms with Crippen molar-refractivity contribution in [2.24, 2.45) is 5.92 Å². The first kappa shape index (κ1) is 25.8. The number of aromatic nitrogens is 6. The van der Waals surface area contributed by atoms with Gasteiger partial charge in [0.25, 0.3) is 12.0 Å². The van der Waals surface area contributed by atoms with Gasteiger partial charge in [0, 0.05) is 39.5 Å². The number of aromatic amines is 1. The molecule has 13 heteroatoms. The molecule has 1 aliphatic carbocycles. The fourth-order valence-corrected chi connectivity index (χ4v) is 6.37. The standard InChI is InChI=1S/C30H21ClF3N7O2/c1-13-12-43-24-7-14(2-4-20(24)35-13)30-36-26(29(34)37-30)27-19-10-18(19)23-6-15(8-25(42)41(23)27)17-9-16(31)3-5-22(17)40-11-21(28(32)33)38-39-40/h2-9,11,18-19,27-28,35H,1,10,12H2,(H,36,37). The van der Waals surface area contributed by atoms with Gasteiger partial charge in [-0.2, -0.15) is 4.39 Å². The number of nitrogens with zero attached hydrogens (tertiary/aromatic N) is 5. The highest BCUT2D eigenvalue weighted by atomic mass is 35.5. The Balaban J connectivity index is 1.18. The number of fused-ring (bicyclic) bond motifs is 4. The van der Waals surface area contributed by atoms with Crippen LogP contribution >= 0.6 is 11.6 Å². The summed E-state index contributed by atoms with van der Waals surface area (Å²) in [6.45, 7) is 4.20.